The van der Waals surface area contributed by atoms with Crippen molar-refractivity contribution >= 4 is 33.4 Å². The van der Waals surface area contributed by atoms with E-state index in [0.29, 0.717) is 39.3 Å². The van der Waals surface area contributed by atoms with Gasteiger partial charge in [0.05, 0.1) is 17.7 Å². The lowest BCUT2D eigenvalue weighted by Crippen LogP contribution is -2.51. The normalized spacial score (nSPS) is 22.2. The van der Waals surface area contributed by atoms with Gasteiger partial charge in [-0.05, 0) is 43.9 Å². The molecule has 1 N–H and O–H groups in total. The molecule has 11 heteroatoms. The Hall–Kier alpha value is -1.72. The molecule has 1 atom stereocenters. The number of hydrogen-bond acceptors (Lipinski definition) is 6. The van der Waals surface area contributed by atoms with E-state index in [0.717, 1.165) is 38.8 Å². The molecule has 3 fully saturated rings. The predicted octanol–water partition coefficient (Wildman–Crippen LogP) is 1.18. The van der Waals surface area contributed by atoms with Crippen LogP contribution in [-0.2, 0) is 19.6 Å². The molecule has 1 aromatic rings. The second-order valence-corrected chi connectivity index (χ2v) is 10.9. The van der Waals surface area contributed by atoms with E-state index in [-0.39, 0.29) is 39.9 Å². The molecule has 3 aliphatic heterocycles. The van der Waals surface area contributed by atoms with Gasteiger partial charge in [0.15, 0.2) is 0 Å². The molecule has 9 nitrogen and oxygen atoms in total. The molecule has 3 heterocycles. The van der Waals surface area contributed by atoms with Crippen molar-refractivity contribution in [3.05, 3.63) is 28.8 Å². The van der Waals surface area contributed by atoms with Crippen LogP contribution in [0, 0.1) is 0 Å². The fourth-order valence-corrected chi connectivity index (χ4v) is 6.07. The largest absolute Gasteiger partial charge is 0.377 e. The highest BCUT2D eigenvalue weighted by Gasteiger charge is 2.28. The SMILES string of the molecule is O=C(CN1CCN(C(=O)c2ccc(Cl)c(S(=O)(=O)NC[C@@H]3CCCO3)c2)CC1)N1CCCC1. The van der Waals surface area contributed by atoms with Gasteiger partial charge in [0.25, 0.3) is 5.91 Å². The summed E-state index contributed by atoms with van der Waals surface area (Å²) in [6.45, 7) is 5.03. The summed E-state index contributed by atoms with van der Waals surface area (Å²) in [5.41, 5.74) is 0.276. The highest BCUT2D eigenvalue weighted by atomic mass is 35.5. The molecular weight excluding hydrogens is 468 g/mol. The average Bonchev–Trinajstić information content (AvgIpc) is 3.52. The van der Waals surface area contributed by atoms with E-state index in [1.165, 1.54) is 12.1 Å². The summed E-state index contributed by atoms with van der Waals surface area (Å²) in [5, 5.41) is 0.0663. The molecule has 182 valence electrons. The van der Waals surface area contributed by atoms with Gasteiger partial charge in [-0.2, -0.15) is 0 Å². The number of nitrogens with one attached hydrogen (secondary N) is 1. The third kappa shape index (κ3) is 6.05. The van der Waals surface area contributed by atoms with Crippen molar-refractivity contribution < 1.29 is 22.7 Å². The van der Waals surface area contributed by atoms with E-state index in [4.69, 9.17) is 16.3 Å². The Labute approximate surface area is 200 Å². The van der Waals surface area contributed by atoms with Crippen molar-refractivity contribution in [2.75, 3.05) is 59.0 Å². The van der Waals surface area contributed by atoms with Crippen LogP contribution in [0.5, 0.6) is 0 Å². The maximum Gasteiger partial charge on any atom is 0.253 e. The second kappa shape index (κ2) is 10.7. The lowest BCUT2D eigenvalue weighted by Gasteiger charge is -2.35. The maximum absolute atomic E-state index is 13.0. The maximum atomic E-state index is 13.0. The molecule has 3 saturated heterocycles. The Bertz CT molecular complexity index is 969. The first-order valence-corrected chi connectivity index (χ1v) is 13.4. The van der Waals surface area contributed by atoms with Crippen molar-refractivity contribution in [3.63, 3.8) is 0 Å². The van der Waals surface area contributed by atoms with Crippen LogP contribution in [0.25, 0.3) is 0 Å². The van der Waals surface area contributed by atoms with Crippen LogP contribution in [0.4, 0.5) is 0 Å². The van der Waals surface area contributed by atoms with Crippen molar-refractivity contribution in [3.8, 4) is 0 Å². The molecule has 2 amide bonds. The molecule has 0 radical (unpaired) electrons. The first-order chi connectivity index (χ1) is 15.8. The first kappa shape index (κ1) is 24.4. The second-order valence-electron chi connectivity index (χ2n) is 8.79. The summed E-state index contributed by atoms with van der Waals surface area (Å²) in [6.07, 6.45) is 3.71. The van der Waals surface area contributed by atoms with E-state index in [2.05, 4.69) is 9.62 Å². The third-order valence-electron chi connectivity index (χ3n) is 6.47. The molecule has 0 aromatic heterocycles. The van der Waals surface area contributed by atoms with Crippen LogP contribution >= 0.6 is 11.6 Å². The Morgan fingerprint density at radius 1 is 1.03 bits per heavy atom. The van der Waals surface area contributed by atoms with Gasteiger partial charge < -0.3 is 14.5 Å². The standard InChI is InChI=1S/C22H31ClN4O5S/c23-19-6-5-17(14-20(19)33(30,31)24-15-18-4-3-13-32-18)22(29)27-11-9-25(10-12-27)16-21(28)26-7-1-2-8-26/h5-6,14,18,24H,1-4,7-13,15-16H2/t18-/m0/s1. The number of nitrogens with zero attached hydrogens (tertiary/aromatic N) is 3. The molecular formula is C22H31ClN4O5S. The zero-order chi connectivity index (χ0) is 23.4. The Morgan fingerprint density at radius 2 is 1.76 bits per heavy atom. The summed E-state index contributed by atoms with van der Waals surface area (Å²) >= 11 is 6.17. The summed E-state index contributed by atoms with van der Waals surface area (Å²) in [6, 6.07) is 4.33. The number of hydrogen-bond donors (Lipinski definition) is 1. The fraction of sp³-hybridized carbons (Fsp3) is 0.636. The van der Waals surface area contributed by atoms with Crippen LogP contribution in [0.2, 0.25) is 5.02 Å². The van der Waals surface area contributed by atoms with Crippen LogP contribution < -0.4 is 4.72 Å². The van der Waals surface area contributed by atoms with Crippen LogP contribution in [-0.4, -0.2) is 100 Å². The number of amides is 2. The third-order valence-corrected chi connectivity index (χ3v) is 8.37. The van der Waals surface area contributed by atoms with E-state index >= 15 is 0 Å². The number of carbonyl (C=O) groups excluding carboxylic acids is 2. The summed E-state index contributed by atoms with van der Waals surface area (Å²) in [5.74, 6) is -0.0944. The summed E-state index contributed by atoms with van der Waals surface area (Å²) in [7, 11) is -3.88. The molecule has 0 saturated carbocycles. The Kier molecular flexibility index (Phi) is 7.91. The van der Waals surface area contributed by atoms with Gasteiger partial charge in [-0.25, -0.2) is 13.1 Å². The highest BCUT2D eigenvalue weighted by molar-refractivity contribution is 7.89. The minimum Gasteiger partial charge on any atom is -0.377 e. The van der Waals surface area contributed by atoms with Crippen LogP contribution in [0.3, 0.4) is 0 Å². The molecule has 4 rings (SSSR count). The van der Waals surface area contributed by atoms with Gasteiger partial charge in [-0.3, -0.25) is 14.5 Å². The molecule has 1 aromatic carbocycles. The quantitative estimate of drug-likeness (QED) is 0.606. The lowest BCUT2D eigenvalue weighted by atomic mass is 10.2. The van der Waals surface area contributed by atoms with Crippen molar-refractivity contribution in [2.24, 2.45) is 0 Å². The zero-order valence-corrected chi connectivity index (χ0v) is 20.2. The number of likely N-dealkylation sites (tertiary alicyclic amines) is 1. The van der Waals surface area contributed by atoms with Gasteiger partial charge in [0.2, 0.25) is 15.9 Å². The minimum absolute atomic E-state index is 0.0663. The number of sulfonamides is 1. The smallest absolute Gasteiger partial charge is 0.253 e. The summed E-state index contributed by atoms with van der Waals surface area (Å²) in [4.78, 5) is 31.0. The van der Waals surface area contributed by atoms with Gasteiger partial charge in [0, 0.05) is 58.0 Å². The average molecular weight is 499 g/mol. The number of benzene rings is 1. The fourth-order valence-electron chi connectivity index (χ4n) is 4.48. The minimum atomic E-state index is -3.88. The lowest BCUT2D eigenvalue weighted by molar-refractivity contribution is -0.131. The van der Waals surface area contributed by atoms with Crippen molar-refractivity contribution in [2.45, 2.75) is 36.7 Å². The zero-order valence-electron chi connectivity index (χ0n) is 18.7. The van der Waals surface area contributed by atoms with Crippen LogP contribution in [0.1, 0.15) is 36.0 Å². The van der Waals surface area contributed by atoms with E-state index in [1.54, 1.807) is 11.0 Å². The van der Waals surface area contributed by atoms with Crippen molar-refractivity contribution in [1.29, 1.82) is 0 Å². The first-order valence-electron chi connectivity index (χ1n) is 11.5. The number of rotatable bonds is 7. The molecule has 33 heavy (non-hydrogen) atoms. The number of piperazine rings is 1. The molecule has 0 unspecified atom stereocenters. The number of halogens is 1. The topological polar surface area (TPSA) is 99.3 Å². The van der Waals surface area contributed by atoms with E-state index in [1.807, 2.05) is 4.90 Å². The predicted molar refractivity (Wildman–Crippen MR) is 124 cm³/mol. The van der Waals surface area contributed by atoms with Crippen molar-refractivity contribution in [1.82, 2.24) is 19.4 Å². The van der Waals surface area contributed by atoms with Crippen LogP contribution in [0.15, 0.2) is 23.1 Å². The number of ether oxygens (including phenoxy) is 1. The molecule has 0 spiro atoms. The van der Waals surface area contributed by atoms with E-state index in [9.17, 15) is 18.0 Å². The summed E-state index contributed by atoms with van der Waals surface area (Å²) < 4.78 is 33.6. The Balaban J connectivity index is 1.35. The monoisotopic (exact) mass is 498 g/mol. The Morgan fingerprint density at radius 3 is 2.42 bits per heavy atom. The molecule has 0 aliphatic carbocycles. The molecule has 3 aliphatic rings. The van der Waals surface area contributed by atoms with Gasteiger partial charge >= 0.3 is 0 Å². The van der Waals surface area contributed by atoms with Gasteiger partial charge in [-0.1, -0.05) is 11.6 Å². The molecule has 0 bridgehead atoms. The number of carbonyl (C=O) groups is 2. The van der Waals surface area contributed by atoms with Gasteiger partial charge in [-0.15, -0.1) is 0 Å². The highest BCUT2D eigenvalue weighted by Crippen LogP contribution is 2.24. The van der Waals surface area contributed by atoms with E-state index < -0.39 is 10.0 Å². The van der Waals surface area contributed by atoms with Gasteiger partial charge in [0.1, 0.15) is 4.90 Å².